The lowest BCUT2D eigenvalue weighted by Gasteiger charge is -2.09. The molecule has 2 N–H and O–H groups in total. The van der Waals surface area contributed by atoms with Gasteiger partial charge in [0.05, 0.1) is 0 Å². The fourth-order valence-electron chi connectivity index (χ4n) is 2.60. The first-order valence-electron chi connectivity index (χ1n) is 6.46. The molecule has 0 fully saturated rings. The molecule has 0 aromatic heterocycles. The Kier molecular flexibility index (Phi) is 2.99. The molecule has 3 rings (SSSR count). The van der Waals surface area contributed by atoms with E-state index in [0.29, 0.717) is 6.54 Å². The molecule has 0 spiro atoms. The van der Waals surface area contributed by atoms with Crippen LogP contribution < -0.4 is 10.5 Å². The van der Waals surface area contributed by atoms with Gasteiger partial charge >= 0.3 is 0 Å². The molecule has 0 aliphatic carbocycles. The molecule has 3 heteroatoms. The number of ether oxygens (including phenoxy) is 1. The minimum Gasteiger partial charge on any atom is -0.490 e. The van der Waals surface area contributed by atoms with Gasteiger partial charge in [-0.05, 0) is 53.4 Å². The summed E-state index contributed by atoms with van der Waals surface area (Å²) >= 11 is 0. The first-order chi connectivity index (χ1) is 9.17. The van der Waals surface area contributed by atoms with Crippen LogP contribution in [0.2, 0.25) is 0 Å². The molecule has 0 radical (unpaired) electrons. The van der Waals surface area contributed by atoms with Gasteiger partial charge in [-0.15, -0.1) is 0 Å². The van der Waals surface area contributed by atoms with Crippen molar-refractivity contribution in [2.75, 3.05) is 0 Å². The van der Waals surface area contributed by atoms with Crippen LogP contribution in [0.4, 0.5) is 4.39 Å². The summed E-state index contributed by atoms with van der Waals surface area (Å²) in [6.45, 7) is 2.39. The highest BCUT2D eigenvalue weighted by Crippen LogP contribution is 2.34. The monoisotopic (exact) mass is 257 g/mol. The summed E-state index contributed by atoms with van der Waals surface area (Å²) in [4.78, 5) is 0. The molecule has 1 aliphatic rings. The van der Waals surface area contributed by atoms with Crippen molar-refractivity contribution in [3.05, 3.63) is 53.3 Å². The van der Waals surface area contributed by atoms with E-state index in [4.69, 9.17) is 10.5 Å². The summed E-state index contributed by atoms with van der Waals surface area (Å²) in [6.07, 6.45) is 1.15. The summed E-state index contributed by atoms with van der Waals surface area (Å²) < 4.78 is 18.9. The number of benzene rings is 2. The number of halogens is 1. The van der Waals surface area contributed by atoms with E-state index < -0.39 is 0 Å². The van der Waals surface area contributed by atoms with Gasteiger partial charge in [-0.2, -0.15) is 0 Å². The van der Waals surface area contributed by atoms with Crippen molar-refractivity contribution in [2.45, 2.75) is 26.0 Å². The SMILES string of the molecule is CC1Cc2cc(-c3ccc(F)cc3CN)ccc2O1. The maximum absolute atomic E-state index is 13.2. The van der Waals surface area contributed by atoms with Crippen molar-refractivity contribution in [1.82, 2.24) is 0 Å². The normalized spacial score (nSPS) is 17.1. The van der Waals surface area contributed by atoms with Crippen LogP contribution in [0.15, 0.2) is 36.4 Å². The van der Waals surface area contributed by atoms with Crippen LogP contribution in [0.5, 0.6) is 5.75 Å². The van der Waals surface area contributed by atoms with E-state index >= 15 is 0 Å². The minimum absolute atomic E-state index is 0.229. The van der Waals surface area contributed by atoms with Crippen LogP contribution >= 0.6 is 0 Å². The van der Waals surface area contributed by atoms with Crippen LogP contribution in [0.3, 0.4) is 0 Å². The molecule has 0 bridgehead atoms. The maximum Gasteiger partial charge on any atom is 0.123 e. The van der Waals surface area contributed by atoms with E-state index in [1.807, 2.05) is 12.1 Å². The lowest BCUT2D eigenvalue weighted by Crippen LogP contribution is -2.05. The summed E-state index contributed by atoms with van der Waals surface area (Å²) in [7, 11) is 0. The maximum atomic E-state index is 13.2. The molecule has 1 atom stereocenters. The third kappa shape index (κ3) is 2.22. The standard InChI is InChI=1S/C16H16FNO/c1-10-6-12-7-11(2-5-16(12)19-10)15-4-3-14(17)8-13(15)9-18/h2-5,7-8,10H,6,9,18H2,1H3. The van der Waals surface area contributed by atoms with Crippen molar-refractivity contribution < 1.29 is 9.13 Å². The summed E-state index contributed by atoms with van der Waals surface area (Å²) in [5.41, 5.74) is 9.79. The Balaban J connectivity index is 2.06. The first kappa shape index (κ1) is 12.2. The Morgan fingerprint density at radius 2 is 2.11 bits per heavy atom. The average Bonchev–Trinajstić information content (AvgIpc) is 2.77. The molecule has 0 amide bonds. The zero-order chi connectivity index (χ0) is 13.4. The lowest BCUT2D eigenvalue weighted by atomic mass is 9.97. The Morgan fingerprint density at radius 3 is 2.89 bits per heavy atom. The van der Waals surface area contributed by atoms with Crippen molar-refractivity contribution in [1.29, 1.82) is 0 Å². The Hall–Kier alpha value is -1.87. The van der Waals surface area contributed by atoms with Crippen molar-refractivity contribution in [3.8, 4) is 16.9 Å². The van der Waals surface area contributed by atoms with E-state index in [2.05, 4.69) is 13.0 Å². The predicted molar refractivity (Wildman–Crippen MR) is 73.5 cm³/mol. The molecule has 1 aliphatic heterocycles. The highest BCUT2D eigenvalue weighted by Gasteiger charge is 2.19. The Labute approximate surface area is 112 Å². The molecule has 0 saturated heterocycles. The quantitative estimate of drug-likeness (QED) is 0.896. The predicted octanol–water partition coefficient (Wildman–Crippen LogP) is 3.27. The fraction of sp³-hybridized carbons (Fsp3) is 0.250. The number of rotatable bonds is 2. The molecule has 2 nitrogen and oxygen atoms in total. The van der Waals surface area contributed by atoms with E-state index in [1.165, 1.54) is 17.7 Å². The van der Waals surface area contributed by atoms with Crippen LogP contribution in [0.1, 0.15) is 18.1 Å². The van der Waals surface area contributed by atoms with E-state index in [-0.39, 0.29) is 11.9 Å². The molecule has 98 valence electrons. The largest absolute Gasteiger partial charge is 0.490 e. The van der Waals surface area contributed by atoms with Gasteiger partial charge in [0, 0.05) is 13.0 Å². The number of nitrogens with two attached hydrogens (primary N) is 1. The van der Waals surface area contributed by atoms with Crippen LogP contribution in [0, 0.1) is 5.82 Å². The Morgan fingerprint density at radius 1 is 1.26 bits per heavy atom. The number of hydrogen-bond donors (Lipinski definition) is 1. The van der Waals surface area contributed by atoms with Gasteiger partial charge in [-0.3, -0.25) is 0 Å². The van der Waals surface area contributed by atoms with Gasteiger partial charge in [0.1, 0.15) is 17.7 Å². The van der Waals surface area contributed by atoms with Crippen LogP contribution in [0.25, 0.3) is 11.1 Å². The second kappa shape index (κ2) is 4.67. The van der Waals surface area contributed by atoms with E-state index in [0.717, 1.165) is 28.9 Å². The van der Waals surface area contributed by atoms with Crippen LogP contribution in [-0.4, -0.2) is 6.10 Å². The molecule has 1 unspecified atom stereocenters. The average molecular weight is 257 g/mol. The van der Waals surface area contributed by atoms with Crippen molar-refractivity contribution in [2.24, 2.45) is 5.73 Å². The van der Waals surface area contributed by atoms with Gasteiger partial charge in [-0.1, -0.05) is 12.1 Å². The summed E-state index contributed by atoms with van der Waals surface area (Å²) in [5, 5.41) is 0. The second-order valence-electron chi connectivity index (χ2n) is 4.96. The van der Waals surface area contributed by atoms with Crippen molar-refractivity contribution in [3.63, 3.8) is 0 Å². The molecular formula is C16H16FNO. The van der Waals surface area contributed by atoms with Gasteiger partial charge < -0.3 is 10.5 Å². The van der Waals surface area contributed by atoms with Crippen LogP contribution in [-0.2, 0) is 13.0 Å². The lowest BCUT2D eigenvalue weighted by molar-refractivity contribution is 0.254. The van der Waals surface area contributed by atoms with Crippen molar-refractivity contribution >= 4 is 0 Å². The molecule has 2 aromatic rings. The molecule has 1 heterocycles. The van der Waals surface area contributed by atoms with Gasteiger partial charge in [0.15, 0.2) is 0 Å². The first-order valence-corrected chi connectivity index (χ1v) is 6.46. The topological polar surface area (TPSA) is 35.2 Å². The highest BCUT2D eigenvalue weighted by molar-refractivity contribution is 5.69. The highest BCUT2D eigenvalue weighted by atomic mass is 19.1. The summed E-state index contributed by atoms with van der Waals surface area (Å²) in [5.74, 6) is 0.704. The second-order valence-corrected chi connectivity index (χ2v) is 4.96. The Bertz CT molecular complexity index is 624. The molecular weight excluding hydrogens is 241 g/mol. The fourth-order valence-corrected chi connectivity index (χ4v) is 2.60. The van der Waals surface area contributed by atoms with E-state index in [1.54, 1.807) is 6.07 Å². The third-order valence-corrected chi connectivity index (χ3v) is 3.49. The minimum atomic E-state index is -0.248. The van der Waals surface area contributed by atoms with Gasteiger partial charge in [0.2, 0.25) is 0 Å². The van der Waals surface area contributed by atoms with Gasteiger partial charge in [0.25, 0.3) is 0 Å². The third-order valence-electron chi connectivity index (χ3n) is 3.49. The smallest absolute Gasteiger partial charge is 0.123 e. The van der Waals surface area contributed by atoms with Gasteiger partial charge in [-0.25, -0.2) is 4.39 Å². The molecule has 2 aromatic carbocycles. The molecule has 19 heavy (non-hydrogen) atoms. The summed E-state index contributed by atoms with van der Waals surface area (Å²) in [6, 6.07) is 10.9. The number of fused-ring (bicyclic) bond motifs is 1. The zero-order valence-corrected chi connectivity index (χ0v) is 10.8. The number of hydrogen-bond acceptors (Lipinski definition) is 2. The molecule has 0 saturated carbocycles. The van der Waals surface area contributed by atoms with E-state index in [9.17, 15) is 4.39 Å². The zero-order valence-electron chi connectivity index (χ0n) is 10.8.